The molecule has 2 rings (SSSR count). The molecular formula is C12H16N2O3S. The molecule has 0 saturated carbocycles. The smallest absolute Gasteiger partial charge is 0.304 e. The van der Waals surface area contributed by atoms with Crippen LogP contribution in [0.25, 0.3) is 0 Å². The van der Waals surface area contributed by atoms with Crippen molar-refractivity contribution in [2.24, 2.45) is 0 Å². The van der Waals surface area contributed by atoms with Crippen LogP contribution in [0.1, 0.15) is 16.8 Å². The Labute approximate surface area is 110 Å². The third-order valence-corrected chi connectivity index (χ3v) is 3.75. The molecule has 1 aromatic heterocycles. The van der Waals surface area contributed by atoms with Gasteiger partial charge in [0, 0.05) is 38.1 Å². The number of amides is 1. The standard InChI is InChI=1S/C12H16N2O3S/c15-11(16)1-3-13-4-6-14(7-5-13)12(17)10-2-8-18-9-10/h2,8-9H,1,3-7H2,(H,15,16). The summed E-state index contributed by atoms with van der Waals surface area (Å²) in [6.45, 7) is 3.42. The molecule has 1 N–H and O–H groups in total. The average Bonchev–Trinajstić information content (AvgIpc) is 2.90. The van der Waals surface area contributed by atoms with E-state index in [1.807, 2.05) is 21.7 Å². The lowest BCUT2D eigenvalue weighted by atomic mass is 10.2. The van der Waals surface area contributed by atoms with Gasteiger partial charge in [0.2, 0.25) is 0 Å². The molecule has 0 radical (unpaired) electrons. The maximum Gasteiger partial charge on any atom is 0.304 e. The largest absolute Gasteiger partial charge is 0.481 e. The van der Waals surface area contributed by atoms with Gasteiger partial charge in [-0.05, 0) is 11.4 Å². The van der Waals surface area contributed by atoms with Gasteiger partial charge in [-0.1, -0.05) is 0 Å². The highest BCUT2D eigenvalue weighted by molar-refractivity contribution is 7.08. The van der Waals surface area contributed by atoms with Gasteiger partial charge >= 0.3 is 5.97 Å². The van der Waals surface area contributed by atoms with E-state index in [-0.39, 0.29) is 12.3 Å². The minimum absolute atomic E-state index is 0.0779. The fraction of sp³-hybridized carbons (Fsp3) is 0.500. The predicted molar refractivity (Wildman–Crippen MR) is 68.9 cm³/mol. The Hall–Kier alpha value is -1.40. The van der Waals surface area contributed by atoms with Gasteiger partial charge in [0.1, 0.15) is 0 Å². The quantitative estimate of drug-likeness (QED) is 0.884. The first-order chi connectivity index (χ1) is 8.66. The van der Waals surface area contributed by atoms with E-state index in [1.54, 1.807) is 0 Å². The van der Waals surface area contributed by atoms with Crippen LogP contribution in [-0.2, 0) is 4.79 Å². The van der Waals surface area contributed by atoms with Crippen molar-refractivity contribution in [2.75, 3.05) is 32.7 Å². The number of thiophene rings is 1. The van der Waals surface area contributed by atoms with Crippen LogP contribution in [0.5, 0.6) is 0 Å². The Morgan fingerprint density at radius 3 is 2.56 bits per heavy atom. The molecule has 5 nitrogen and oxygen atoms in total. The van der Waals surface area contributed by atoms with Gasteiger partial charge in [0.25, 0.3) is 5.91 Å². The molecule has 1 amide bonds. The molecule has 1 aliphatic heterocycles. The summed E-state index contributed by atoms with van der Waals surface area (Å²) in [5.41, 5.74) is 0.749. The molecule has 2 heterocycles. The molecule has 0 aromatic carbocycles. The zero-order valence-corrected chi connectivity index (χ0v) is 10.9. The molecule has 1 aliphatic rings. The summed E-state index contributed by atoms with van der Waals surface area (Å²) in [5, 5.41) is 12.4. The number of carbonyl (C=O) groups excluding carboxylic acids is 1. The number of carbonyl (C=O) groups is 2. The first-order valence-electron chi connectivity index (χ1n) is 5.92. The van der Waals surface area contributed by atoms with E-state index in [0.717, 1.165) is 18.7 Å². The Bertz CT molecular complexity index is 411. The van der Waals surface area contributed by atoms with E-state index < -0.39 is 5.97 Å². The fourth-order valence-electron chi connectivity index (χ4n) is 2.00. The lowest BCUT2D eigenvalue weighted by Crippen LogP contribution is -2.49. The van der Waals surface area contributed by atoms with E-state index in [1.165, 1.54) is 11.3 Å². The van der Waals surface area contributed by atoms with Crippen LogP contribution in [0.3, 0.4) is 0 Å². The molecule has 0 aliphatic carbocycles. The summed E-state index contributed by atoms with van der Waals surface area (Å²) in [7, 11) is 0. The second kappa shape index (κ2) is 5.97. The Morgan fingerprint density at radius 2 is 2.00 bits per heavy atom. The number of nitrogens with zero attached hydrogens (tertiary/aromatic N) is 2. The highest BCUT2D eigenvalue weighted by Crippen LogP contribution is 2.12. The highest BCUT2D eigenvalue weighted by atomic mass is 32.1. The monoisotopic (exact) mass is 268 g/mol. The maximum atomic E-state index is 12.1. The van der Waals surface area contributed by atoms with Gasteiger partial charge in [0.05, 0.1) is 12.0 Å². The molecule has 18 heavy (non-hydrogen) atoms. The van der Waals surface area contributed by atoms with E-state index in [2.05, 4.69) is 4.90 Å². The summed E-state index contributed by atoms with van der Waals surface area (Å²) in [5.74, 6) is -0.694. The third kappa shape index (κ3) is 3.30. The molecule has 98 valence electrons. The number of carboxylic acid groups (broad SMARTS) is 1. The Kier molecular flexibility index (Phi) is 4.33. The van der Waals surface area contributed by atoms with Gasteiger partial charge in [0.15, 0.2) is 0 Å². The second-order valence-corrected chi connectivity index (χ2v) is 5.07. The van der Waals surface area contributed by atoms with Crippen LogP contribution < -0.4 is 0 Å². The first-order valence-corrected chi connectivity index (χ1v) is 6.87. The average molecular weight is 268 g/mol. The maximum absolute atomic E-state index is 12.1. The summed E-state index contributed by atoms with van der Waals surface area (Å²) in [6, 6.07) is 1.84. The number of carboxylic acids is 1. The number of hydrogen-bond acceptors (Lipinski definition) is 4. The van der Waals surface area contributed by atoms with Gasteiger partial charge in [-0.3, -0.25) is 14.5 Å². The second-order valence-electron chi connectivity index (χ2n) is 4.29. The van der Waals surface area contributed by atoms with E-state index in [9.17, 15) is 9.59 Å². The normalized spacial score (nSPS) is 16.8. The zero-order chi connectivity index (χ0) is 13.0. The van der Waals surface area contributed by atoms with Gasteiger partial charge in [-0.2, -0.15) is 11.3 Å². The molecule has 0 unspecified atom stereocenters. The van der Waals surface area contributed by atoms with Crippen LogP contribution >= 0.6 is 11.3 Å². The minimum atomic E-state index is -0.772. The minimum Gasteiger partial charge on any atom is -0.481 e. The first kappa shape index (κ1) is 13.0. The fourth-order valence-corrected chi connectivity index (χ4v) is 2.63. The zero-order valence-electron chi connectivity index (χ0n) is 10.0. The molecule has 0 atom stereocenters. The lowest BCUT2D eigenvalue weighted by molar-refractivity contribution is -0.137. The van der Waals surface area contributed by atoms with Gasteiger partial charge < -0.3 is 10.0 Å². The Balaban J connectivity index is 1.80. The molecular weight excluding hydrogens is 252 g/mol. The van der Waals surface area contributed by atoms with Crippen LogP contribution in [0.4, 0.5) is 0 Å². The van der Waals surface area contributed by atoms with Crippen molar-refractivity contribution in [2.45, 2.75) is 6.42 Å². The van der Waals surface area contributed by atoms with Crippen molar-refractivity contribution in [1.29, 1.82) is 0 Å². The van der Waals surface area contributed by atoms with E-state index in [4.69, 9.17) is 5.11 Å². The van der Waals surface area contributed by atoms with Gasteiger partial charge in [-0.25, -0.2) is 0 Å². The van der Waals surface area contributed by atoms with Gasteiger partial charge in [-0.15, -0.1) is 0 Å². The molecule has 1 fully saturated rings. The molecule has 1 aromatic rings. The summed E-state index contributed by atoms with van der Waals surface area (Å²) < 4.78 is 0. The van der Waals surface area contributed by atoms with Crippen molar-refractivity contribution in [3.63, 3.8) is 0 Å². The summed E-state index contributed by atoms with van der Waals surface area (Å²) in [4.78, 5) is 26.5. The number of piperazine rings is 1. The van der Waals surface area contributed by atoms with Crippen molar-refractivity contribution in [1.82, 2.24) is 9.80 Å². The highest BCUT2D eigenvalue weighted by Gasteiger charge is 2.22. The molecule has 1 saturated heterocycles. The molecule has 0 bridgehead atoms. The number of hydrogen-bond donors (Lipinski definition) is 1. The van der Waals surface area contributed by atoms with Crippen LogP contribution in [0, 0.1) is 0 Å². The van der Waals surface area contributed by atoms with Crippen LogP contribution in [0.2, 0.25) is 0 Å². The van der Waals surface area contributed by atoms with Crippen molar-refractivity contribution in [3.05, 3.63) is 22.4 Å². The topological polar surface area (TPSA) is 60.9 Å². The molecule has 6 heteroatoms. The SMILES string of the molecule is O=C(O)CCN1CCN(C(=O)c2ccsc2)CC1. The van der Waals surface area contributed by atoms with E-state index >= 15 is 0 Å². The number of aliphatic carboxylic acids is 1. The lowest BCUT2D eigenvalue weighted by Gasteiger charge is -2.34. The van der Waals surface area contributed by atoms with Crippen LogP contribution in [-0.4, -0.2) is 59.5 Å². The van der Waals surface area contributed by atoms with Crippen LogP contribution in [0.15, 0.2) is 16.8 Å². The Morgan fingerprint density at radius 1 is 1.28 bits per heavy atom. The predicted octanol–water partition coefficient (Wildman–Crippen LogP) is 0.981. The summed E-state index contributed by atoms with van der Waals surface area (Å²) in [6.07, 6.45) is 0.165. The van der Waals surface area contributed by atoms with Crippen molar-refractivity contribution in [3.8, 4) is 0 Å². The van der Waals surface area contributed by atoms with Crippen molar-refractivity contribution < 1.29 is 14.7 Å². The summed E-state index contributed by atoms with van der Waals surface area (Å²) >= 11 is 1.52. The van der Waals surface area contributed by atoms with Crippen molar-refractivity contribution >= 4 is 23.2 Å². The van der Waals surface area contributed by atoms with E-state index in [0.29, 0.717) is 19.6 Å². The number of rotatable bonds is 4. The third-order valence-electron chi connectivity index (χ3n) is 3.07. The molecule has 0 spiro atoms.